The first-order chi connectivity index (χ1) is 24.2. The van der Waals surface area contributed by atoms with Gasteiger partial charge in [-0.3, -0.25) is 9.80 Å². The van der Waals surface area contributed by atoms with Gasteiger partial charge in [0, 0.05) is 23.0 Å². The molecule has 2 saturated carbocycles. The van der Waals surface area contributed by atoms with Gasteiger partial charge in [0.05, 0.1) is 23.1 Å². The zero-order chi connectivity index (χ0) is 35.6. The molecule has 0 bridgehead atoms. The van der Waals surface area contributed by atoms with Crippen LogP contribution in [0.2, 0.25) is 5.15 Å². The van der Waals surface area contributed by atoms with Crippen LogP contribution < -0.4 is 0 Å². The maximum absolute atomic E-state index is 13.2. The highest BCUT2D eigenvalue weighted by molar-refractivity contribution is 6.32. The van der Waals surface area contributed by atoms with Crippen molar-refractivity contribution in [3.05, 3.63) is 71.4 Å². The quantitative estimate of drug-likeness (QED) is 0.192. The molecule has 4 fully saturated rings. The summed E-state index contributed by atoms with van der Waals surface area (Å²) < 4.78 is 11.5. The highest BCUT2D eigenvalue weighted by Crippen LogP contribution is 2.55. The number of aromatic amines is 2. The molecule has 3 aromatic carbocycles. The molecule has 2 amide bonds. The first-order valence-corrected chi connectivity index (χ1v) is 18.4. The zero-order valence-electron chi connectivity index (χ0n) is 29.8. The van der Waals surface area contributed by atoms with Gasteiger partial charge in [-0.25, -0.2) is 19.6 Å². The fraction of sp³-hybridized carbons (Fsp3) is 0.450. The Labute approximate surface area is 301 Å². The Balaban J connectivity index is 0.950. The molecule has 0 radical (unpaired) electrons. The number of carbonyl (C=O) groups excluding carboxylic acids is 2. The van der Waals surface area contributed by atoms with Crippen molar-refractivity contribution in [2.45, 2.75) is 103 Å². The predicted molar refractivity (Wildman–Crippen MR) is 196 cm³/mol. The Hall–Kier alpha value is -4.57. The van der Waals surface area contributed by atoms with Crippen molar-refractivity contribution in [1.29, 1.82) is 0 Å². The van der Waals surface area contributed by atoms with Crippen LogP contribution in [0.5, 0.6) is 0 Å². The monoisotopic (exact) mass is 706 g/mol. The fourth-order valence-corrected chi connectivity index (χ4v) is 8.50. The first kappa shape index (κ1) is 32.3. The normalized spacial score (nSPS) is 25.3. The van der Waals surface area contributed by atoms with Crippen LogP contribution in [0.3, 0.4) is 0 Å². The van der Waals surface area contributed by atoms with E-state index in [4.69, 9.17) is 31.0 Å². The molecule has 4 heterocycles. The summed E-state index contributed by atoms with van der Waals surface area (Å²) in [7, 11) is 0. The molecule has 2 saturated heterocycles. The van der Waals surface area contributed by atoms with Crippen LogP contribution in [-0.4, -0.2) is 65.2 Å². The van der Waals surface area contributed by atoms with Gasteiger partial charge in [-0.15, -0.1) is 0 Å². The van der Waals surface area contributed by atoms with Crippen molar-refractivity contribution in [3.8, 4) is 22.4 Å². The van der Waals surface area contributed by atoms with Crippen molar-refractivity contribution >= 4 is 45.6 Å². The second kappa shape index (κ2) is 11.2. The van der Waals surface area contributed by atoms with Crippen molar-refractivity contribution in [2.75, 3.05) is 0 Å². The number of ether oxygens (including phenoxy) is 2. The van der Waals surface area contributed by atoms with Gasteiger partial charge in [0.1, 0.15) is 33.7 Å². The summed E-state index contributed by atoms with van der Waals surface area (Å²) >= 11 is 6.72. The van der Waals surface area contributed by atoms with Gasteiger partial charge in [-0.05, 0) is 108 Å². The summed E-state index contributed by atoms with van der Waals surface area (Å²) in [5, 5.41) is 2.60. The number of nitrogens with one attached hydrogen (secondary N) is 2. The third-order valence-electron chi connectivity index (χ3n) is 10.7. The topological polar surface area (TPSA) is 116 Å². The zero-order valence-corrected chi connectivity index (χ0v) is 30.5. The summed E-state index contributed by atoms with van der Waals surface area (Å²) in [6.45, 7) is 11.4. The van der Waals surface area contributed by atoms with E-state index in [9.17, 15) is 9.59 Å². The highest BCUT2D eigenvalue weighted by atomic mass is 35.5. The standard InChI is InChI=1S/C40H43ClN6O4/c1-39(2,3)50-37(48)46-28-16-24(28)18-30(46)35-42-27-14-12-23-15-22(11-13-26(23)33(27)44-35)20-7-9-21(10-8-20)32-34(41)45-36(43-32)31-19-25-17-29(25)47(31)38(49)51-40(4,5)6/h7-15,24-25,28-31H,16-19H2,1-6H3,(H,42,44)(H,43,45)/t24-,25-,28-,29-,30+,31?/m1/s1. The van der Waals surface area contributed by atoms with E-state index in [2.05, 4.69) is 52.4 Å². The molecule has 2 aromatic heterocycles. The summed E-state index contributed by atoms with van der Waals surface area (Å²) in [5.41, 5.74) is 4.47. The number of hydrogen-bond donors (Lipinski definition) is 2. The molecule has 2 aliphatic heterocycles. The number of fused-ring (bicyclic) bond motifs is 5. The van der Waals surface area contributed by atoms with Crippen LogP contribution in [0.25, 0.3) is 44.2 Å². The highest BCUT2D eigenvalue weighted by Gasteiger charge is 2.57. The van der Waals surface area contributed by atoms with E-state index < -0.39 is 11.2 Å². The second-order valence-electron chi connectivity index (χ2n) is 16.8. The summed E-state index contributed by atoms with van der Waals surface area (Å²) in [6, 6.07) is 19.0. The molecule has 2 aliphatic carbocycles. The molecule has 6 atom stereocenters. The van der Waals surface area contributed by atoms with Crippen LogP contribution >= 0.6 is 11.6 Å². The van der Waals surface area contributed by atoms with Gasteiger partial charge in [0.2, 0.25) is 0 Å². The van der Waals surface area contributed by atoms with Gasteiger partial charge in [-0.1, -0.05) is 54.1 Å². The fourth-order valence-electron chi connectivity index (χ4n) is 8.25. The van der Waals surface area contributed by atoms with Crippen molar-refractivity contribution < 1.29 is 19.1 Å². The van der Waals surface area contributed by atoms with E-state index >= 15 is 0 Å². The summed E-state index contributed by atoms with van der Waals surface area (Å²) in [6.07, 6.45) is 3.24. The van der Waals surface area contributed by atoms with Gasteiger partial charge < -0.3 is 19.4 Å². The molecule has 4 aliphatic rings. The Morgan fingerprint density at radius 1 is 0.706 bits per heavy atom. The minimum atomic E-state index is -0.565. The average Bonchev–Trinajstić information content (AvgIpc) is 3.73. The van der Waals surface area contributed by atoms with E-state index in [1.165, 1.54) is 0 Å². The Bertz CT molecular complexity index is 2210. The second-order valence-corrected chi connectivity index (χ2v) is 17.2. The minimum absolute atomic E-state index is 0.115. The number of amides is 2. The Morgan fingerprint density at radius 2 is 1.25 bits per heavy atom. The van der Waals surface area contributed by atoms with Crippen molar-refractivity contribution in [3.63, 3.8) is 0 Å². The van der Waals surface area contributed by atoms with Crippen LogP contribution in [0.1, 0.15) is 91.0 Å². The predicted octanol–water partition coefficient (Wildman–Crippen LogP) is 9.57. The van der Waals surface area contributed by atoms with Gasteiger partial charge in [0.25, 0.3) is 0 Å². The van der Waals surface area contributed by atoms with E-state index in [0.717, 1.165) is 70.0 Å². The van der Waals surface area contributed by atoms with E-state index in [0.29, 0.717) is 28.5 Å². The molecule has 10 nitrogen and oxygen atoms in total. The SMILES string of the molecule is CC(C)(C)OC(=O)N1C(c2nc(-c3ccc(-c4ccc5c(ccc6[nH]c([C@@H]7C[C@H]8C[C@H]8N7C(=O)OC(C)(C)C)nc65)c4)cc3)c(Cl)[nH]2)C[C@H]2C[C@H]21. The van der Waals surface area contributed by atoms with E-state index in [1.807, 2.05) is 63.5 Å². The number of halogens is 1. The summed E-state index contributed by atoms with van der Waals surface area (Å²) in [4.78, 5) is 46.8. The Morgan fingerprint density at radius 3 is 1.84 bits per heavy atom. The first-order valence-electron chi connectivity index (χ1n) is 18.0. The van der Waals surface area contributed by atoms with Gasteiger partial charge >= 0.3 is 12.2 Å². The number of likely N-dealkylation sites (tertiary alicyclic amines) is 2. The lowest BCUT2D eigenvalue weighted by Crippen LogP contribution is -2.38. The number of aromatic nitrogens is 4. The molecule has 11 heteroatoms. The van der Waals surface area contributed by atoms with Crippen LogP contribution in [0, 0.1) is 11.8 Å². The van der Waals surface area contributed by atoms with Crippen molar-refractivity contribution in [1.82, 2.24) is 29.7 Å². The number of imidazole rings is 2. The van der Waals surface area contributed by atoms with Crippen LogP contribution in [0.15, 0.2) is 54.6 Å². The molecular formula is C40H43ClN6O4. The van der Waals surface area contributed by atoms with E-state index in [-0.39, 0.29) is 36.4 Å². The number of hydrogen-bond acceptors (Lipinski definition) is 6. The maximum atomic E-state index is 13.2. The van der Waals surface area contributed by atoms with Gasteiger partial charge in [-0.2, -0.15) is 0 Å². The molecule has 2 N–H and O–H groups in total. The Kier molecular flexibility index (Phi) is 7.11. The molecular weight excluding hydrogens is 664 g/mol. The van der Waals surface area contributed by atoms with Crippen LogP contribution in [0.4, 0.5) is 9.59 Å². The van der Waals surface area contributed by atoms with Crippen LogP contribution in [-0.2, 0) is 9.47 Å². The molecule has 9 rings (SSSR count). The number of piperidine rings is 2. The molecule has 5 aromatic rings. The lowest BCUT2D eigenvalue weighted by atomic mass is 9.99. The minimum Gasteiger partial charge on any atom is -0.444 e. The smallest absolute Gasteiger partial charge is 0.411 e. The molecule has 1 unspecified atom stereocenters. The van der Waals surface area contributed by atoms with Gasteiger partial charge in [0.15, 0.2) is 0 Å². The third kappa shape index (κ3) is 5.81. The van der Waals surface area contributed by atoms with E-state index in [1.54, 1.807) is 0 Å². The molecule has 0 spiro atoms. The lowest BCUT2D eigenvalue weighted by molar-refractivity contribution is 0.0164. The number of nitrogens with zero attached hydrogens (tertiary/aromatic N) is 4. The number of rotatable bonds is 4. The largest absolute Gasteiger partial charge is 0.444 e. The number of H-pyrrole nitrogens is 2. The maximum Gasteiger partial charge on any atom is 0.411 e. The molecule has 51 heavy (non-hydrogen) atoms. The number of carbonyl (C=O) groups is 2. The lowest BCUT2D eigenvalue weighted by Gasteiger charge is -2.29. The third-order valence-corrected chi connectivity index (χ3v) is 11.0. The number of benzene rings is 3. The summed E-state index contributed by atoms with van der Waals surface area (Å²) in [5.74, 6) is 2.51. The average molecular weight is 707 g/mol. The van der Waals surface area contributed by atoms with Crippen molar-refractivity contribution in [2.24, 2.45) is 11.8 Å². The molecule has 264 valence electrons.